The lowest BCUT2D eigenvalue weighted by molar-refractivity contribution is -0.148. The lowest BCUT2D eigenvalue weighted by Crippen LogP contribution is -2.21. The standard InChI is InChI=1S/C14H15NO5/c16-13(8-20-14(17)9-1-2-9)15-10-3-4-11-12(7-10)19-6-5-18-11/h3-4,7,9H,1-2,5-6,8H2,(H,15,16). The average molecular weight is 277 g/mol. The first kappa shape index (κ1) is 12.8. The number of amides is 1. The van der Waals surface area contributed by atoms with Crippen LogP contribution >= 0.6 is 0 Å². The minimum Gasteiger partial charge on any atom is -0.486 e. The molecule has 1 heterocycles. The van der Waals surface area contributed by atoms with Crippen LogP contribution in [-0.4, -0.2) is 31.7 Å². The zero-order valence-corrected chi connectivity index (χ0v) is 10.9. The van der Waals surface area contributed by atoms with E-state index in [-0.39, 0.29) is 24.4 Å². The minimum atomic E-state index is -0.365. The molecule has 1 aliphatic heterocycles. The molecule has 0 bridgehead atoms. The number of hydrogen-bond acceptors (Lipinski definition) is 5. The third-order valence-corrected chi connectivity index (χ3v) is 3.08. The van der Waals surface area contributed by atoms with E-state index in [2.05, 4.69) is 5.32 Å². The summed E-state index contributed by atoms with van der Waals surface area (Å²) in [7, 11) is 0. The third-order valence-electron chi connectivity index (χ3n) is 3.08. The smallest absolute Gasteiger partial charge is 0.309 e. The van der Waals surface area contributed by atoms with Gasteiger partial charge in [-0.15, -0.1) is 0 Å². The molecule has 2 aliphatic rings. The van der Waals surface area contributed by atoms with Crippen LogP contribution in [0.3, 0.4) is 0 Å². The summed E-state index contributed by atoms with van der Waals surface area (Å²) in [5.41, 5.74) is 0.585. The van der Waals surface area contributed by atoms with E-state index < -0.39 is 0 Å². The second-order valence-electron chi connectivity index (χ2n) is 4.79. The molecule has 106 valence electrons. The molecule has 0 atom stereocenters. The molecule has 1 amide bonds. The van der Waals surface area contributed by atoms with Crippen molar-refractivity contribution in [2.45, 2.75) is 12.8 Å². The van der Waals surface area contributed by atoms with Crippen LogP contribution in [0.4, 0.5) is 5.69 Å². The lowest BCUT2D eigenvalue weighted by Gasteiger charge is -2.19. The number of carbonyl (C=O) groups excluding carboxylic acids is 2. The number of rotatable bonds is 4. The molecule has 1 aromatic carbocycles. The highest BCUT2D eigenvalue weighted by Gasteiger charge is 2.31. The second kappa shape index (κ2) is 5.40. The predicted octanol–water partition coefficient (Wildman–Crippen LogP) is 1.35. The van der Waals surface area contributed by atoms with Gasteiger partial charge in [0.2, 0.25) is 0 Å². The molecule has 1 aromatic rings. The van der Waals surface area contributed by atoms with Gasteiger partial charge in [0.05, 0.1) is 5.92 Å². The van der Waals surface area contributed by atoms with Crippen LogP contribution in [0.1, 0.15) is 12.8 Å². The van der Waals surface area contributed by atoms with Crippen molar-refractivity contribution in [1.82, 2.24) is 0 Å². The number of ether oxygens (including phenoxy) is 3. The van der Waals surface area contributed by atoms with Crippen LogP contribution in [0.5, 0.6) is 11.5 Å². The Labute approximate surface area is 116 Å². The Morgan fingerprint density at radius 2 is 1.95 bits per heavy atom. The van der Waals surface area contributed by atoms with Crippen LogP contribution < -0.4 is 14.8 Å². The lowest BCUT2D eigenvalue weighted by atomic mass is 10.2. The van der Waals surface area contributed by atoms with Crippen molar-refractivity contribution in [2.24, 2.45) is 5.92 Å². The second-order valence-corrected chi connectivity index (χ2v) is 4.79. The van der Waals surface area contributed by atoms with Gasteiger partial charge in [-0.25, -0.2) is 0 Å². The number of esters is 1. The molecule has 1 saturated carbocycles. The van der Waals surface area contributed by atoms with Crippen molar-refractivity contribution in [1.29, 1.82) is 0 Å². The number of anilines is 1. The Balaban J connectivity index is 1.54. The Morgan fingerprint density at radius 3 is 2.70 bits per heavy atom. The van der Waals surface area contributed by atoms with Crippen molar-refractivity contribution in [3.63, 3.8) is 0 Å². The summed E-state index contributed by atoms with van der Waals surface area (Å²) in [6.45, 7) is 0.753. The van der Waals surface area contributed by atoms with Gasteiger partial charge in [0.1, 0.15) is 13.2 Å². The van der Waals surface area contributed by atoms with Crippen LogP contribution in [0.2, 0.25) is 0 Å². The van der Waals surface area contributed by atoms with E-state index in [1.54, 1.807) is 18.2 Å². The van der Waals surface area contributed by atoms with E-state index in [1.807, 2.05) is 0 Å². The Morgan fingerprint density at radius 1 is 1.20 bits per heavy atom. The fourth-order valence-corrected chi connectivity index (χ4v) is 1.89. The summed E-state index contributed by atoms with van der Waals surface area (Å²) in [5, 5.41) is 2.66. The maximum absolute atomic E-state index is 11.7. The summed E-state index contributed by atoms with van der Waals surface area (Å²) >= 11 is 0. The molecule has 6 nitrogen and oxygen atoms in total. The third kappa shape index (κ3) is 3.01. The van der Waals surface area contributed by atoms with Gasteiger partial charge in [-0.3, -0.25) is 9.59 Å². The van der Waals surface area contributed by atoms with E-state index >= 15 is 0 Å². The van der Waals surface area contributed by atoms with E-state index in [0.717, 1.165) is 12.8 Å². The highest BCUT2D eigenvalue weighted by Crippen LogP contribution is 2.32. The van der Waals surface area contributed by atoms with Crippen LogP contribution in [-0.2, 0) is 14.3 Å². The van der Waals surface area contributed by atoms with Crippen molar-refractivity contribution >= 4 is 17.6 Å². The van der Waals surface area contributed by atoms with Gasteiger partial charge in [0.25, 0.3) is 5.91 Å². The van der Waals surface area contributed by atoms with Gasteiger partial charge >= 0.3 is 5.97 Å². The van der Waals surface area contributed by atoms with Crippen molar-refractivity contribution < 1.29 is 23.8 Å². The number of benzene rings is 1. The average Bonchev–Trinajstić information content (AvgIpc) is 3.29. The van der Waals surface area contributed by atoms with Crippen molar-refractivity contribution in [2.75, 3.05) is 25.1 Å². The summed E-state index contributed by atoms with van der Waals surface area (Å²) in [6, 6.07) is 5.14. The molecule has 0 spiro atoms. The van der Waals surface area contributed by atoms with Crippen LogP contribution in [0.15, 0.2) is 18.2 Å². The quantitative estimate of drug-likeness (QED) is 0.841. The van der Waals surface area contributed by atoms with E-state index in [4.69, 9.17) is 14.2 Å². The first-order valence-electron chi connectivity index (χ1n) is 6.58. The molecule has 20 heavy (non-hydrogen) atoms. The molecule has 0 saturated heterocycles. The van der Waals surface area contributed by atoms with Gasteiger partial charge < -0.3 is 19.5 Å². The van der Waals surface area contributed by atoms with E-state index in [0.29, 0.717) is 30.4 Å². The first-order valence-corrected chi connectivity index (χ1v) is 6.58. The van der Waals surface area contributed by atoms with Crippen LogP contribution in [0, 0.1) is 5.92 Å². The first-order chi connectivity index (χ1) is 9.72. The molecule has 6 heteroatoms. The van der Waals surface area contributed by atoms with E-state index in [9.17, 15) is 9.59 Å². The zero-order valence-electron chi connectivity index (χ0n) is 10.9. The summed E-state index contributed by atoms with van der Waals surface area (Å²) in [6.07, 6.45) is 1.73. The summed E-state index contributed by atoms with van der Waals surface area (Å²) < 4.78 is 15.7. The van der Waals surface area contributed by atoms with Gasteiger partial charge in [-0.05, 0) is 25.0 Å². The van der Waals surface area contributed by atoms with Crippen molar-refractivity contribution in [3.05, 3.63) is 18.2 Å². The van der Waals surface area contributed by atoms with Gasteiger partial charge in [0.15, 0.2) is 18.1 Å². The summed E-state index contributed by atoms with van der Waals surface area (Å²) in [4.78, 5) is 23.0. The Kier molecular flexibility index (Phi) is 3.45. The molecular weight excluding hydrogens is 262 g/mol. The van der Waals surface area contributed by atoms with E-state index in [1.165, 1.54) is 0 Å². The van der Waals surface area contributed by atoms with Crippen molar-refractivity contribution in [3.8, 4) is 11.5 Å². The predicted molar refractivity (Wildman–Crippen MR) is 69.7 cm³/mol. The Hall–Kier alpha value is -2.24. The number of fused-ring (bicyclic) bond motifs is 1. The van der Waals surface area contributed by atoms with Gasteiger partial charge in [-0.1, -0.05) is 0 Å². The topological polar surface area (TPSA) is 73.9 Å². The molecule has 0 radical (unpaired) electrons. The molecule has 1 fully saturated rings. The van der Waals surface area contributed by atoms with Gasteiger partial charge in [-0.2, -0.15) is 0 Å². The molecule has 1 N–H and O–H groups in total. The van der Waals surface area contributed by atoms with Gasteiger partial charge in [0, 0.05) is 11.8 Å². The number of hydrogen-bond donors (Lipinski definition) is 1. The minimum absolute atomic E-state index is 0.00269. The fourth-order valence-electron chi connectivity index (χ4n) is 1.89. The highest BCUT2D eigenvalue weighted by atomic mass is 16.6. The fraction of sp³-hybridized carbons (Fsp3) is 0.429. The number of carbonyl (C=O) groups is 2. The Bertz CT molecular complexity index is 538. The SMILES string of the molecule is O=C(COC(=O)C1CC1)Nc1ccc2c(c1)OCCO2. The van der Waals surface area contributed by atoms with Crippen LogP contribution in [0.25, 0.3) is 0 Å². The normalized spacial score (nSPS) is 16.4. The molecule has 0 aromatic heterocycles. The molecule has 0 unspecified atom stereocenters. The monoisotopic (exact) mass is 277 g/mol. The molecule has 3 rings (SSSR count). The largest absolute Gasteiger partial charge is 0.486 e. The maximum atomic E-state index is 11.7. The zero-order chi connectivity index (χ0) is 13.9. The summed E-state index contributed by atoms with van der Waals surface area (Å²) in [5.74, 6) is 0.605. The highest BCUT2D eigenvalue weighted by molar-refractivity contribution is 5.93. The molecular formula is C14H15NO5. The molecule has 1 aliphatic carbocycles. The number of nitrogens with one attached hydrogen (secondary N) is 1. The maximum Gasteiger partial charge on any atom is 0.309 e.